The standard InChI is InChI=1S/C20H21ClN4O3/c21-15-4-3-12-10-24(11-14(12)6-15)18(26)8-13-7-17(23-19(13)27)20(28)25-5-1-2-16(25)9-22/h3-4,6,13,16-17H,1-2,5,7-8,10-11H2,(H,23,27)/t13-,16?,17-/m0/s1. The second-order valence-corrected chi connectivity index (χ2v) is 8.12. The Labute approximate surface area is 168 Å². The zero-order valence-corrected chi connectivity index (χ0v) is 16.1. The van der Waals surface area contributed by atoms with Gasteiger partial charge in [-0.05, 0) is 42.5 Å². The molecule has 2 fully saturated rings. The molecule has 0 saturated carbocycles. The Bertz CT molecular complexity index is 881. The SMILES string of the molecule is N#CC1CCCN1C(=O)[C@@H]1C[C@@H](CC(=O)N2Cc3ccc(Cl)cc3C2)C(=O)N1. The van der Waals surface area contributed by atoms with Gasteiger partial charge < -0.3 is 15.1 Å². The van der Waals surface area contributed by atoms with Crippen LogP contribution in [0.2, 0.25) is 5.02 Å². The van der Waals surface area contributed by atoms with E-state index in [2.05, 4.69) is 11.4 Å². The van der Waals surface area contributed by atoms with Gasteiger partial charge in [-0.2, -0.15) is 5.26 Å². The number of likely N-dealkylation sites (tertiary alicyclic amines) is 1. The molecule has 0 aromatic heterocycles. The predicted molar refractivity (Wildman–Crippen MR) is 101 cm³/mol. The number of hydrogen-bond acceptors (Lipinski definition) is 4. The number of nitrogens with zero attached hydrogens (tertiary/aromatic N) is 3. The average Bonchev–Trinajstić information content (AvgIpc) is 3.39. The van der Waals surface area contributed by atoms with Crippen molar-refractivity contribution in [1.29, 1.82) is 5.26 Å². The maximum Gasteiger partial charge on any atom is 0.246 e. The zero-order chi connectivity index (χ0) is 19.8. The summed E-state index contributed by atoms with van der Waals surface area (Å²) in [6, 6.07) is 6.68. The van der Waals surface area contributed by atoms with Crippen LogP contribution in [0.5, 0.6) is 0 Å². The molecule has 3 aliphatic heterocycles. The first kappa shape index (κ1) is 18.8. The highest BCUT2D eigenvalue weighted by atomic mass is 35.5. The molecule has 4 rings (SSSR count). The quantitative estimate of drug-likeness (QED) is 0.833. The van der Waals surface area contributed by atoms with Crippen LogP contribution in [0.3, 0.4) is 0 Å². The van der Waals surface area contributed by atoms with Crippen LogP contribution in [-0.4, -0.2) is 46.1 Å². The van der Waals surface area contributed by atoms with Crippen LogP contribution >= 0.6 is 11.6 Å². The largest absolute Gasteiger partial charge is 0.344 e. The molecule has 0 radical (unpaired) electrons. The Morgan fingerprint density at radius 1 is 1.29 bits per heavy atom. The van der Waals surface area contributed by atoms with Gasteiger partial charge in [0.1, 0.15) is 12.1 Å². The number of fused-ring (bicyclic) bond motifs is 1. The molecule has 1 unspecified atom stereocenters. The summed E-state index contributed by atoms with van der Waals surface area (Å²) in [6.07, 6.45) is 1.85. The summed E-state index contributed by atoms with van der Waals surface area (Å²) >= 11 is 6.02. The molecular weight excluding hydrogens is 380 g/mol. The van der Waals surface area contributed by atoms with Gasteiger partial charge in [-0.15, -0.1) is 0 Å². The Balaban J connectivity index is 1.36. The van der Waals surface area contributed by atoms with Crippen LogP contribution in [0, 0.1) is 17.2 Å². The topological polar surface area (TPSA) is 93.5 Å². The second kappa shape index (κ2) is 7.44. The summed E-state index contributed by atoms with van der Waals surface area (Å²) in [5, 5.41) is 12.5. The average molecular weight is 401 g/mol. The van der Waals surface area contributed by atoms with Crippen molar-refractivity contribution in [2.75, 3.05) is 6.54 Å². The van der Waals surface area contributed by atoms with E-state index >= 15 is 0 Å². The van der Waals surface area contributed by atoms with Gasteiger partial charge in [-0.3, -0.25) is 14.4 Å². The van der Waals surface area contributed by atoms with Crippen molar-refractivity contribution in [3.8, 4) is 6.07 Å². The number of carbonyl (C=O) groups excluding carboxylic acids is 3. The van der Waals surface area contributed by atoms with Crippen LogP contribution in [0.1, 0.15) is 36.8 Å². The Morgan fingerprint density at radius 2 is 2.07 bits per heavy atom. The lowest BCUT2D eigenvalue weighted by Crippen LogP contribution is -2.46. The molecule has 8 heteroatoms. The van der Waals surface area contributed by atoms with Gasteiger partial charge in [0.25, 0.3) is 0 Å². The third-order valence-electron chi connectivity index (χ3n) is 5.85. The van der Waals surface area contributed by atoms with Gasteiger partial charge in [0, 0.05) is 37.0 Å². The molecule has 1 aromatic rings. The second-order valence-electron chi connectivity index (χ2n) is 7.68. The number of halogens is 1. The summed E-state index contributed by atoms with van der Waals surface area (Å²) in [7, 11) is 0. The van der Waals surface area contributed by atoms with E-state index in [1.165, 1.54) is 0 Å². The lowest BCUT2D eigenvalue weighted by atomic mass is 9.99. The third kappa shape index (κ3) is 3.45. The molecule has 1 N–H and O–H groups in total. The highest BCUT2D eigenvalue weighted by Gasteiger charge is 2.42. The Hall–Kier alpha value is -2.59. The molecule has 28 heavy (non-hydrogen) atoms. The molecule has 3 aliphatic rings. The normalized spacial score (nSPS) is 26.1. The number of carbonyl (C=O) groups is 3. The number of nitriles is 1. The number of rotatable bonds is 3. The van der Waals surface area contributed by atoms with Crippen molar-refractivity contribution in [2.45, 2.75) is 50.9 Å². The minimum atomic E-state index is -0.645. The minimum absolute atomic E-state index is 0.0824. The fraction of sp³-hybridized carbons (Fsp3) is 0.500. The fourth-order valence-electron chi connectivity index (χ4n) is 4.32. The van der Waals surface area contributed by atoms with E-state index in [-0.39, 0.29) is 24.1 Å². The minimum Gasteiger partial charge on any atom is -0.344 e. The molecule has 0 spiro atoms. The lowest BCUT2D eigenvalue weighted by Gasteiger charge is -2.23. The van der Waals surface area contributed by atoms with Crippen molar-refractivity contribution in [3.63, 3.8) is 0 Å². The van der Waals surface area contributed by atoms with Gasteiger partial charge in [0.15, 0.2) is 0 Å². The van der Waals surface area contributed by atoms with E-state index in [4.69, 9.17) is 11.6 Å². The Kier molecular flexibility index (Phi) is 4.98. The summed E-state index contributed by atoms with van der Waals surface area (Å²) in [4.78, 5) is 41.0. The van der Waals surface area contributed by atoms with Gasteiger partial charge >= 0.3 is 0 Å². The lowest BCUT2D eigenvalue weighted by molar-refractivity contribution is -0.135. The van der Waals surface area contributed by atoms with E-state index in [1.807, 2.05) is 18.2 Å². The van der Waals surface area contributed by atoms with Gasteiger partial charge in [-0.25, -0.2) is 0 Å². The smallest absolute Gasteiger partial charge is 0.246 e. The van der Waals surface area contributed by atoms with Crippen molar-refractivity contribution >= 4 is 29.3 Å². The van der Waals surface area contributed by atoms with Crippen LogP contribution < -0.4 is 5.32 Å². The first-order chi connectivity index (χ1) is 13.5. The van der Waals surface area contributed by atoms with E-state index in [0.29, 0.717) is 37.5 Å². The highest BCUT2D eigenvalue weighted by Crippen LogP contribution is 2.29. The van der Waals surface area contributed by atoms with Crippen LogP contribution in [0.25, 0.3) is 0 Å². The summed E-state index contributed by atoms with van der Waals surface area (Å²) < 4.78 is 0. The first-order valence-electron chi connectivity index (χ1n) is 9.52. The number of hydrogen-bond donors (Lipinski definition) is 1. The van der Waals surface area contributed by atoms with Gasteiger partial charge in [0.05, 0.1) is 6.07 Å². The third-order valence-corrected chi connectivity index (χ3v) is 6.09. The molecule has 2 saturated heterocycles. The van der Waals surface area contributed by atoms with Crippen LogP contribution in [0.4, 0.5) is 0 Å². The van der Waals surface area contributed by atoms with Crippen molar-refractivity contribution < 1.29 is 14.4 Å². The molecule has 146 valence electrons. The molecular formula is C20H21ClN4O3. The number of amides is 3. The van der Waals surface area contributed by atoms with E-state index in [0.717, 1.165) is 17.5 Å². The molecule has 1 aromatic carbocycles. The zero-order valence-electron chi connectivity index (χ0n) is 15.4. The summed E-state index contributed by atoms with van der Waals surface area (Å²) in [6.45, 7) is 1.55. The first-order valence-corrected chi connectivity index (χ1v) is 9.89. The monoisotopic (exact) mass is 400 g/mol. The van der Waals surface area contributed by atoms with Crippen molar-refractivity contribution in [3.05, 3.63) is 34.3 Å². The van der Waals surface area contributed by atoms with Gasteiger partial charge in [-0.1, -0.05) is 17.7 Å². The maximum absolute atomic E-state index is 12.7. The summed E-state index contributed by atoms with van der Waals surface area (Å²) in [5.41, 5.74) is 2.10. The van der Waals surface area contributed by atoms with E-state index in [9.17, 15) is 19.6 Å². The maximum atomic E-state index is 12.7. The molecule has 3 atom stereocenters. The number of nitrogens with one attached hydrogen (secondary N) is 1. The molecule has 0 bridgehead atoms. The van der Waals surface area contributed by atoms with Crippen LogP contribution in [0.15, 0.2) is 18.2 Å². The number of benzene rings is 1. The Morgan fingerprint density at radius 3 is 2.86 bits per heavy atom. The van der Waals surface area contributed by atoms with E-state index in [1.54, 1.807) is 9.80 Å². The molecule has 0 aliphatic carbocycles. The highest BCUT2D eigenvalue weighted by molar-refractivity contribution is 6.30. The van der Waals surface area contributed by atoms with Crippen molar-refractivity contribution in [2.24, 2.45) is 5.92 Å². The summed E-state index contributed by atoms with van der Waals surface area (Å²) in [5.74, 6) is -1.09. The molecule has 3 amide bonds. The van der Waals surface area contributed by atoms with E-state index < -0.39 is 18.0 Å². The van der Waals surface area contributed by atoms with Gasteiger partial charge in [0.2, 0.25) is 17.7 Å². The molecule has 3 heterocycles. The van der Waals surface area contributed by atoms with Crippen LogP contribution in [-0.2, 0) is 27.5 Å². The molecule has 7 nitrogen and oxygen atoms in total. The fourth-order valence-corrected chi connectivity index (χ4v) is 4.52. The van der Waals surface area contributed by atoms with Crippen molar-refractivity contribution in [1.82, 2.24) is 15.1 Å². The predicted octanol–water partition coefficient (Wildman–Crippen LogP) is 1.59.